The van der Waals surface area contributed by atoms with Gasteiger partial charge in [0.15, 0.2) is 0 Å². The lowest BCUT2D eigenvalue weighted by Gasteiger charge is -2.45. The summed E-state index contributed by atoms with van der Waals surface area (Å²) in [6.07, 6.45) is 3.01. The minimum Gasteiger partial charge on any atom is -0.380 e. The quantitative estimate of drug-likeness (QED) is 0.707. The maximum atomic E-state index is 12.7. The second kappa shape index (κ2) is 7.73. The van der Waals surface area contributed by atoms with Crippen LogP contribution in [0.15, 0.2) is 0 Å². The number of carbonyl (C=O) groups excluding carboxylic acids is 1. The summed E-state index contributed by atoms with van der Waals surface area (Å²) in [7, 11) is 0. The van der Waals surface area contributed by atoms with E-state index in [1.165, 1.54) is 0 Å². The van der Waals surface area contributed by atoms with Crippen molar-refractivity contribution in [2.45, 2.75) is 32.3 Å². The maximum Gasteiger partial charge on any atom is 0.249 e. The van der Waals surface area contributed by atoms with Gasteiger partial charge in [0, 0.05) is 44.7 Å². The van der Waals surface area contributed by atoms with E-state index in [-0.39, 0.29) is 17.9 Å². The van der Waals surface area contributed by atoms with Crippen molar-refractivity contribution >= 4 is 5.91 Å². The molecule has 0 aromatic carbocycles. The van der Waals surface area contributed by atoms with Crippen molar-refractivity contribution in [1.82, 2.24) is 9.96 Å². The molecule has 0 unspecified atom stereocenters. The van der Waals surface area contributed by atoms with E-state index in [0.717, 1.165) is 58.7 Å². The van der Waals surface area contributed by atoms with Gasteiger partial charge in [0.05, 0.1) is 25.9 Å². The third-order valence-corrected chi connectivity index (χ3v) is 5.03. The number of likely N-dealkylation sites (tertiary alicyclic amines) is 1. The summed E-state index contributed by atoms with van der Waals surface area (Å²) in [5.41, 5.74) is 0. The minimum atomic E-state index is 0.0479. The summed E-state index contributed by atoms with van der Waals surface area (Å²) >= 11 is 0. The van der Waals surface area contributed by atoms with E-state index in [2.05, 4.69) is 4.90 Å². The van der Waals surface area contributed by atoms with E-state index < -0.39 is 0 Å². The van der Waals surface area contributed by atoms with E-state index in [1.54, 1.807) is 5.06 Å². The van der Waals surface area contributed by atoms with Gasteiger partial charge in [0.1, 0.15) is 0 Å². The molecule has 0 saturated carbocycles. The Kier molecular flexibility index (Phi) is 5.68. The fourth-order valence-corrected chi connectivity index (χ4v) is 3.84. The molecule has 0 radical (unpaired) electrons. The number of hydrogen-bond acceptors (Lipinski definition) is 5. The number of amides is 1. The Labute approximate surface area is 132 Å². The van der Waals surface area contributed by atoms with Gasteiger partial charge < -0.3 is 14.4 Å². The van der Waals surface area contributed by atoms with Gasteiger partial charge in [0.25, 0.3) is 0 Å². The highest BCUT2D eigenvalue weighted by molar-refractivity contribution is 5.78. The summed E-state index contributed by atoms with van der Waals surface area (Å²) in [5.74, 6) is 0.509. The molecule has 0 N–H and O–H groups in total. The minimum absolute atomic E-state index is 0.0479. The topological polar surface area (TPSA) is 51.2 Å². The Morgan fingerprint density at radius 3 is 2.95 bits per heavy atom. The number of ether oxygens (including phenoxy) is 2. The molecular weight excluding hydrogens is 284 g/mol. The molecule has 22 heavy (non-hydrogen) atoms. The highest BCUT2D eigenvalue weighted by atomic mass is 16.7. The summed E-state index contributed by atoms with van der Waals surface area (Å²) in [4.78, 5) is 20.6. The molecule has 6 nitrogen and oxygen atoms in total. The van der Waals surface area contributed by atoms with Crippen LogP contribution in [0.5, 0.6) is 0 Å². The van der Waals surface area contributed by atoms with Gasteiger partial charge in [-0.25, -0.2) is 5.06 Å². The Hall–Kier alpha value is -0.690. The molecule has 3 aliphatic rings. The second-order valence-electron chi connectivity index (χ2n) is 6.38. The number of nitrogens with zero attached hydrogens (tertiary/aromatic N) is 2. The zero-order chi connectivity index (χ0) is 15.4. The Morgan fingerprint density at radius 1 is 1.27 bits per heavy atom. The normalized spacial score (nSPS) is 33.0. The molecule has 0 aromatic rings. The van der Waals surface area contributed by atoms with E-state index in [4.69, 9.17) is 14.3 Å². The van der Waals surface area contributed by atoms with Crippen LogP contribution in [0.25, 0.3) is 0 Å². The Balaban J connectivity index is 1.59. The third kappa shape index (κ3) is 3.62. The van der Waals surface area contributed by atoms with Crippen LogP contribution in [0.3, 0.4) is 0 Å². The van der Waals surface area contributed by atoms with Gasteiger partial charge in [0.2, 0.25) is 5.91 Å². The summed E-state index contributed by atoms with van der Waals surface area (Å²) in [6.45, 7) is 8.57. The molecule has 0 bridgehead atoms. The van der Waals surface area contributed by atoms with E-state index in [1.807, 2.05) is 6.92 Å². The van der Waals surface area contributed by atoms with Crippen LogP contribution in [0, 0.1) is 11.8 Å². The molecule has 3 atom stereocenters. The molecule has 3 saturated heterocycles. The number of carbonyl (C=O) groups is 1. The molecule has 3 rings (SSSR count). The van der Waals surface area contributed by atoms with E-state index in [9.17, 15) is 4.79 Å². The van der Waals surface area contributed by atoms with Crippen molar-refractivity contribution in [3.8, 4) is 0 Å². The first-order valence-corrected chi connectivity index (χ1v) is 8.65. The molecular formula is C16H28N2O4. The average Bonchev–Trinajstić information content (AvgIpc) is 3.08. The predicted molar refractivity (Wildman–Crippen MR) is 81.2 cm³/mol. The molecule has 0 aromatic heterocycles. The van der Waals surface area contributed by atoms with Gasteiger partial charge >= 0.3 is 0 Å². The SMILES string of the molecule is CCOCCN1CC[C@@H]2OCC[C@H](C(=O)N3CCCO3)[C@H]2C1. The largest absolute Gasteiger partial charge is 0.380 e. The molecule has 1 amide bonds. The number of hydrogen-bond donors (Lipinski definition) is 0. The predicted octanol–water partition coefficient (Wildman–Crippen LogP) is 0.914. The van der Waals surface area contributed by atoms with Crippen LogP contribution in [0.1, 0.15) is 26.2 Å². The maximum absolute atomic E-state index is 12.7. The average molecular weight is 312 g/mol. The van der Waals surface area contributed by atoms with Crippen LogP contribution < -0.4 is 0 Å². The van der Waals surface area contributed by atoms with Gasteiger partial charge in [-0.3, -0.25) is 9.63 Å². The van der Waals surface area contributed by atoms with E-state index in [0.29, 0.717) is 19.1 Å². The van der Waals surface area contributed by atoms with Crippen LogP contribution in [-0.2, 0) is 19.1 Å². The Morgan fingerprint density at radius 2 is 2.18 bits per heavy atom. The molecule has 3 aliphatic heterocycles. The van der Waals surface area contributed by atoms with Crippen molar-refractivity contribution in [3.63, 3.8) is 0 Å². The molecule has 3 fully saturated rings. The number of piperidine rings is 1. The lowest BCUT2D eigenvalue weighted by Crippen LogP contribution is -2.54. The summed E-state index contributed by atoms with van der Waals surface area (Å²) < 4.78 is 11.4. The van der Waals surface area contributed by atoms with Crippen LogP contribution in [-0.4, -0.2) is 74.6 Å². The van der Waals surface area contributed by atoms with Crippen LogP contribution in [0.2, 0.25) is 0 Å². The first-order valence-electron chi connectivity index (χ1n) is 8.65. The molecule has 126 valence electrons. The fraction of sp³-hybridized carbons (Fsp3) is 0.938. The van der Waals surface area contributed by atoms with Crippen molar-refractivity contribution in [2.24, 2.45) is 11.8 Å². The lowest BCUT2D eigenvalue weighted by atomic mass is 9.79. The smallest absolute Gasteiger partial charge is 0.249 e. The molecule has 0 spiro atoms. The van der Waals surface area contributed by atoms with Crippen molar-refractivity contribution in [1.29, 1.82) is 0 Å². The standard InChI is InChI=1S/C16H28N2O4/c1-2-20-11-8-17-7-4-15-14(12-17)13(5-10-21-15)16(19)18-6-3-9-22-18/h13-15H,2-12H2,1H3/t13-,14+,15-/m0/s1. The summed E-state index contributed by atoms with van der Waals surface area (Å²) in [6, 6.07) is 0. The van der Waals surface area contributed by atoms with Gasteiger partial charge in [-0.2, -0.15) is 0 Å². The molecule has 6 heteroatoms. The van der Waals surface area contributed by atoms with Gasteiger partial charge in [-0.15, -0.1) is 0 Å². The zero-order valence-electron chi connectivity index (χ0n) is 13.5. The first-order chi connectivity index (χ1) is 10.8. The number of fused-ring (bicyclic) bond motifs is 1. The second-order valence-corrected chi connectivity index (χ2v) is 6.38. The Bertz CT molecular complexity index is 371. The van der Waals surface area contributed by atoms with Gasteiger partial charge in [-0.1, -0.05) is 0 Å². The molecule has 0 aliphatic carbocycles. The zero-order valence-corrected chi connectivity index (χ0v) is 13.5. The highest BCUT2D eigenvalue weighted by Gasteiger charge is 2.43. The third-order valence-electron chi connectivity index (χ3n) is 5.03. The first kappa shape index (κ1) is 16.2. The van der Waals surface area contributed by atoms with Crippen LogP contribution >= 0.6 is 0 Å². The monoisotopic (exact) mass is 312 g/mol. The van der Waals surface area contributed by atoms with Gasteiger partial charge in [-0.05, 0) is 26.2 Å². The lowest BCUT2D eigenvalue weighted by molar-refractivity contribution is -0.185. The number of hydroxylamine groups is 2. The number of rotatable bonds is 5. The van der Waals surface area contributed by atoms with Crippen molar-refractivity contribution in [3.05, 3.63) is 0 Å². The summed E-state index contributed by atoms with van der Waals surface area (Å²) in [5, 5.41) is 1.59. The highest BCUT2D eigenvalue weighted by Crippen LogP contribution is 2.34. The van der Waals surface area contributed by atoms with Crippen molar-refractivity contribution in [2.75, 3.05) is 52.6 Å². The molecule has 3 heterocycles. The van der Waals surface area contributed by atoms with E-state index >= 15 is 0 Å². The fourth-order valence-electron chi connectivity index (χ4n) is 3.84. The van der Waals surface area contributed by atoms with Crippen molar-refractivity contribution < 1.29 is 19.1 Å². The van der Waals surface area contributed by atoms with Crippen LogP contribution in [0.4, 0.5) is 0 Å².